The van der Waals surface area contributed by atoms with E-state index in [2.05, 4.69) is 135 Å². The number of ketones is 3. The van der Waals surface area contributed by atoms with Gasteiger partial charge in [0, 0.05) is 31.9 Å². The molecule has 0 fully saturated rings. The Labute approximate surface area is 434 Å². The summed E-state index contributed by atoms with van der Waals surface area (Å²) < 4.78 is 33.2. The van der Waals surface area contributed by atoms with Crippen molar-refractivity contribution in [1.29, 1.82) is 0 Å². The van der Waals surface area contributed by atoms with Gasteiger partial charge in [0.15, 0.2) is 29.0 Å². The number of rotatable bonds is 10. The molecule has 25 heteroatoms. The molecular formula is C47H100BN12O10PS. The molecule has 0 unspecified atom stereocenters. The number of tetrazole rings is 3. The van der Waals surface area contributed by atoms with Crippen molar-refractivity contribution in [3.63, 3.8) is 0 Å². The van der Waals surface area contributed by atoms with Gasteiger partial charge in [-0.15, -0.1) is 25.5 Å². The minimum atomic E-state index is -3.79. The predicted molar refractivity (Wildman–Crippen MR) is 288 cm³/mol. The summed E-state index contributed by atoms with van der Waals surface area (Å²) in [5, 5.41) is 53.1. The van der Waals surface area contributed by atoms with Gasteiger partial charge in [-0.2, -0.15) is 10.0 Å². The highest BCUT2D eigenvalue weighted by molar-refractivity contribution is 7.90. The van der Waals surface area contributed by atoms with E-state index < -0.39 is 24.6 Å². The second-order valence-electron chi connectivity index (χ2n) is 26.1. The van der Waals surface area contributed by atoms with Gasteiger partial charge in [0.05, 0.1) is 11.9 Å². The topological polar surface area (TPSA) is 325 Å². The number of nitrogens with zero attached hydrogens (tertiary/aromatic N) is 11. The Bertz CT molecular complexity index is 2110. The molecule has 3 heterocycles. The van der Waals surface area contributed by atoms with Crippen LogP contribution in [0.15, 0.2) is 0 Å². The normalized spacial score (nSPS) is 12.1. The van der Waals surface area contributed by atoms with Crippen LogP contribution in [0.3, 0.4) is 0 Å². The van der Waals surface area contributed by atoms with Gasteiger partial charge in [0.25, 0.3) is 0 Å². The van der Waals surface area contributed by atoms with E-state index in [1.54, 1.807) is 53.1 Å². The summed E-state index contributed by atoms with van der Waals surface area (Å²) in [5.74, 6) is 2.88. The van der Waals surface area contributed by atoms with Crippen molar-refractivity contribution in [2.24, 2.45) is 32.5 Å². The van der Waals surface area contributed by atoms with Crippen LogP contribution >= 0.6 is 7.60 Å². The van der Waals surface area contributed by atoms with Crippen molar-refractivity contribution in [2.45, 2.75) is 218 Å². The van der Waals surface area contributed by atoms with E-state index in [4.69, 9.17) is 19.8 Å². The Morgan fingerprint density at radius 1 is 0.611 bits per heavy atom. The van der Waals surface area contributed by atoms with Gasteiger partial charge in [0.2, 0.25) is 0 Å². The van der Waals surface area contributed by atoms with E-state index in [0.717, 1.165) is 30.9 Å². The van der Waals surface area contributed by atoms with E-state index in [0.29, 0.717) is 12.2 Å². The van der Waals surface area contributed by atoms with E-state index >= 15 is 0 Å². The second kappa shape index (κ2) is 32.6. The molecule has 0 saturated carbocycles. The number of carbonyl (C=O) groups excluding carboxylic acids is 3. The number of sulfone groups is 1. The van der Waals surface area contributed by atoms with Crippen LogP contribution in [0.25, 0.3) is 0 Å². The molecule has 5 N–H and O–H groups in total. The molecule has 0 radical (unpaired) electrons. The number of hydrogen-bond donors (Lipinski definition) is 5. The van der Waals surface area contributed by atoms with Crippen LogP contribution in [-0.4, -0.2) is 132 Å². The zero-order valence-corrected chi connectivity index (χ0v) is 50.0. The van der Waals surface area contributed by atoms with Crippen LogP contribution < -0.4 is 0 Å². The molecule has 22 nitrogen and oxygen atoms in total. The fourth-order valence-corrected chi connectivity index (χ4v) is 7.94. The van der Waals surface area contributed by atoms with Gasteiger partial charge in [-0.3, -0.25) is 14.2 Å². The van der Waals surface area contributed by atoms with Crippen LogP contribution in [-0.2, 0) is 61.1 Å². The molecule has 72 heavy (non-hydrogen) atoms. The number of aromatic nitrogens is 12. The molecule has 3 aromatic heterocycles. The molecule has 0 spiro atoms. The van der Waals surface area contributed by atoms with Gasteiger partial charge in [0.1, 0.15) is 28.7 Å². The highest BCUT2D eigenvalue weighted by atomic mass is 32.2. The molecule has 0 amide bonds. The number of carbonyl (C=O) groups is 3. The van der Waals surface area contributed by atoms with Crippen LogP contribution in [0.5, 0.6) is 0 Å². The number of hydrogen-bond acceptors (Lipinski definition) is 17. The lowest BCUT2D eigenvalue weighted by atomic mass is 9.62. The Hall–Kier alpha value is -3.70. The van der Waals surface area contributed by atoms with Crippen LogP contribution in [0.1, 0.15) is 197 Å². The quantitative estimate of drug-likeness (QED) is 0.0959. The third-order valence-corrected chi connectivity index (χ3v) is 9.97. The summed E-state index contributed by atoms with van der Waals surface area (Å²) in [6, 6.07) is 0. The predicted octanol–water partition coefficient (Wildman–Crippen LogP) is 7.68. The molecule has 0 aliphatic rings. The summed E-state index contributed by atoms with van der Waals surface area (Å²) in [5.41, 5.74) is 0.301. The summed E-state index contributed by atoms with van der Waals surface area (Å²) in [6.07, 6.45) is 4.31. The molecular weight excluding hydrogens is 966 g/mol. The number of Topliss-reactive ketones (excluding diaryl/α,β-unsaturated/α-hetero) is 3. The smallest absolute Gasteiger partial charge is 0.427 e. The molecule has 0 aliphatic carbocycles. The maximum Gasteiger partial charge on any atom is 0.457 e. The first-order chi connectivity index (χ1) is 31.1. The van der Waals surface area contributed by atoms with Crippen molar-refractivity contribution in [2.75, 3.05) is 18.2 Å². The Morgan fingerprint density at radius 3 is 1.29 bits per heavy atom. The van der Waals surface area contributed by atoms with E-state index in [1.165, 1.54) is 24.9 Å². The Kier molecular flexibility index (Phi) is 34.9. The molecule has 0 atom stereocenters. The van der Waals surface area contributed by atoms with Crippen molar-refractivity contribution >= 4 is 41.9 Å². The standard InChI is InChI=1S/2C9H16N4O.C7H14O.C6H12N4.C6H14O2S.C5H13O3P.C4H11BO2.CH4/c1-7(14)6-13-8(10-11-12-13)5-9(2,3)4;1-7(14)6-13-11-8(10-12-13)5-9(2,3)4;1-6(8)5-7(2,3)4;1-6(2,3)4-5-7-9-10-8-5;1-6(2,3)5-9(4,7)8;1-5(2,3)4-9(6,7)8;1-4(2,3)5(6)7;/h2*5-6H2,1-4H3;5H2,1-4H3;4H2,1-3H3,(H,7,8,9,10);5H2,1-4H3;4H2,1-3H3,(H2,6,7,8);6-7H,1-3H3;1H4. The van der Waals surface area contributed by atoms with Crippen molar-refractivity contribution in [3.8, 4) is 0 Å². The molecule has 0 bridgehead atoms. The maximum absolute atomic E-state index is 10.9. The van der Waals surface area contributed by atoms with Crippen LogP contribution in [0.2, 0.25) is 5.31 Å². The SMILES string of the molecule is C.CC(=O)CC(C)(C)C.CC(=O)Cn1nnc(CC(C)(C)C)n1.CC(=O)Cn1nnnc1CC(C)(C)C.CC(C)(C)B(O)O.CC(C)(C)CP(=O)(O)O.CC(C)(C)CS(C)(=O)=O.CC(C)(C)Cc1nn[nH]n1. The number of aromatic amines is 1. The van der Waals surface area contributed by atoms with Gasteiger partial charge in [-0.1, -0.05) is 158 Å². The Morgan fingerprint density at radius 2 is 1.04 bits per heavy atom. The monoisotopic (exact) mass is 1070 g/mol. The molecule has 422 valence electrons. The van der Waals surface area contributed by atoms with Gasteiger partial charge >= 0.3 is 14.7 Å². The van der Waals surface area contributed by atoms with E-state index in [-0.39, 0.29) is 87.6 Å². The molecule has 0 saturated heterocycles. The average molecular weight is 1070 g/mol. The van der Waals surface area contributed by atoms with Crippen LogP contribution in [0, 0.1) is 32.5 Å². The average Bonchev–Trinajstić information content (AvgIpc) is 3.79. The minimum absolute atomic E-state index is 0. The number of H-pyrrole nitrogens is 1. The van der Waals surface area contributed by atoms with Crippen molar-refractivity contribution in [1.82, 2.24) is 61.0 Å². The zero-order chi connectivity index (χ0) is 57.4. The summed E-state index contributed by atoms with van der Waals surface area (Å²) in [4.78, 5) is 50.4. The highest BCUT2D eigenvalue weighted by Crippen LogP contribution is 2.41. The Balaban J connectivity index is -0.000000246. The third kappa shape index (κ3) is 60.6. The van der Waals surface area contributed by atoms with Crippen molar-refractivity contribution < 1.29 is 47.2 Å². The summed E-state index contributed by atoms with van der Waals surface area (Å²) in [7, 11) is -7.77. The fourth-order valence-electron chi connectivity index (χ4n) is 5.13. The van der Waals surface area contributed by atoms with E-state index in [9.17, 15) is 27.4 Å². The minimum Gasteiger partial charge on any atom is -0.427 e. The van der Waals surface area contributed by atoms with Gasteiger partial charge < -0.3 is 24.6 Å². The van der Waals surface area contributed by atoms with E-state index in [1.807, 2.05) is 20.8 Å². The second-order valence-corrected chi connectivity index (χ2v) is 29.9. The fraction of sp³-hybridized carbons (Fsp3) is 0.872. The zero-order valence-electron chi connectivity index (χ0n) is 48.2. The first-order valence-electron chi connectivity index (χ1n) is 23.4. The first-order valence-corrected chi connectivity index (χ1v) is 27.3. The first kappa shape index (κ1) is 77.2. The third-order valence-electron chi connectivity index (χ3n) is 7.22. The lowest BCUT2D eigenvalue weighted by Gasteiger charge is -2.17. The van der Waals surface area contributed by atoms with Gasteiger partial charge in [-0.05, 0) is 74.2 Å². The summed E-state index contributed by atoms with van der Waals surface area (Å²) >= 11 is 0. The molecule has 3 aromatic rings. The lowest BCUT2D eigenvalue weighted by molar-refractivity contribution is -0.119. The molecule has 0 aliphatic heterocycles. The number of nitrogens with one attached hydrogen (secondary N) is 1. The van der Waals surface area contributed by atoms with Gasteiger partial charge in [-0.25, -0.2) is 13.1 Å². The largest absolute Gasteiger partial charge is 0.457 e. The highest BCUT2D eigenvalue weighted by Gasteiger charge is 2.26. The van der Waals surface area contributed by atoms with Crippen LogP contribution in [0.4, 0.5) is 0 Å². The molecule has 3 rings (SSSR count). The van der Waals surface area contributed by atoms with Crippen molar-refractivity contribution in [3.05, 3.63) is 17.5 Å². The molecule has 0 aromatic carbocycles. The lowest BCUT2D eigenvalue weighted by Crippen LogP contribution is -2.24. The maximum atomic E-state index is 10.9. The summed E-state index contributed by atoms with van der Waals surface area (Å²) in [6.45, 7) is 46.8.